The number of aliphatic carboxylic acids is 1. The summed E-state index contributed by atoms with van der Waals surface area (Å²) < 4.78 is 22.6. The topological polar surface area (TPSA) is 111 Å². The van der Waals surface area contributed by atoms with Gasteiger partial charge >= 0.3 is 11.9 Å². The summed E-state index contributed by atoms with van der Waals surface area (Å²) >= 11 is 0. The first kappa shape index (κ1) is 64.5. The van der Waals surface area contributed by atoms with Crippen LogP contribution in [0.4, 0.5) is 0 Å². The van der Waals surface area contributed by atoms with Crippen LogP contribution in [0.1, 0.15) is 258 Å². The largest absolute Gasteiger partial charge is 0.545 e. The number of carbonyl (C=O) groups is 3. The maximum absolute atomic E-state index is 12.8. The monoisotopic (exact) mass is 946 g/mol. The number of allylic oxidation sites excluding steroid dienone is 6. The average molecular weight is 946 g/mol. The predicted molar refractivity (Wildman–Crippen MR) is 279 cm³/mol. The van der Waals surface area contributed by atoms with Crippen molar-refractivity contribution in [2.24, 2.45) is 0 Å². The van der Waals surface area contributed by atoms with Crippen LogP contribution in [0, 0.1) is 0 Å². The number of esters is 2. The van der Waals surface area contributed by atoms with Gasteiger partial charge in [-0.3, -0.25) is 9.59 Å². The second-order valence-electron chi connectivity index (χ2n) is 20.2. The highest BCUT2D eigenvalue weighted by atomic mass is 16.7. The fourth-order valence-corrected chi connectivity index (χ4v) is 8.01. The molecule has 0 N–H and O–H groups in total. The van der Waals surface area contributed by atoms with Crippen LogP contribution in [-0.4, -0.2) is 82.3 Å². The van der Waals surface area contributed by atoms with E-state index in [9.17, 15) is 19.5 Å². The molecule has 0 rings (SSSR count). The standard InChI is InChI=1S/C58H107NO8/c1-6-8-10-12-14-16-17-18-19-20-21-22-23-24-25-26-27-28-29-30-31-32-33-34-35-36-37-38-39-41-43-45-47-49-56(61)67-54(53-66-58(57(62)63)64-51-50-59(3,4)5)52-65-55(60)48-46-44-42-40-15-13-11-9-7-2/h17-18,20-21,23-24,54,58H,6-16,19,22,25-53H2,1-5H3/b18-17-,21-20-,24-23-. The van der Waals surface area contributed by atoms with E-state index in [2.05, 4.69) is 50.3 Å². The number of ether oxygens (including phenoxy) is 4. The van der Waals surface area contributed by atoms with Crippen LogP contribution in [0.5, 0.6) is 0 Å². The second-order valence-corrected chi connectivity index (χ2v) is 20.2. The van der Waals surface area contributed by atoms with Crippen molar-refractivity contribution in [1.82, 2.24) is 0 Å². The predicted octanol–water partition coefficient (Wildman–Crippen LogP) is 14.8. The van der Waals surface area contributed by atoms with E-state index in [1.165, 1.54) is 180 Å². The smallest absolute Gasteiger partial charge is 0.306 e. The van der Waals surface area contributed by atoms with Crippen LogP contribution in [0.3, 0.4) is 0 Å². The van der Waals surface area contributed by atoms with E-state index in [1.54, 1.807) is 0 Å². The Hall–Kier alpha value is -2.49. The van der Waals surface area contributed by atoms with Gasteiger partial charge in [0.1, 0.15) is 13.2 Å². The molecule has 0 saturated heterocycles. The van der Waals surface area contributed by atoms with Crippen LogP contribution in [0.15, 0.2) is 36.5 Å². The molecule has 67 heavy (non-hydrogen) atoms. The molecule has 0 saturated carbocycles. The maximum Gasteiger partial charge on any atom is 0.306 e. The first-order valence-corrected chi connectivity index (χ1v) is 28.1. The normalized spacial score (nSPS) is 13.0. The number of carboxylic acids is 1. The zero-order chi connectivity index (χ0) is 49.2. The molecular formula is C58H107NO8. The van der Waals surface area contributed by atoms with Crippen molar-refractivity contribution in [3.63, 3.8) is 0 Å². The summed E-state index contributed by atoms with van der Waals surface area (Å²) in [7, 11) is 5.92. The average Bonchev–Trinajstić information content (AvgIpc) is 3.29. The number of unbranched alkanes of at least 4 members (excludes halogenated alkanes) is 31. The molecule has 0 radical (unpaired) electrons. The van der Waals surface area contributed by atoms with Crippen molar-refractivity contribution in [1.29, 1.82) is 0 Å². The fourth-order valence-electron chi connectivity index (χ4n) is 8.01. The minimum absolute atomic E-state index is 0.150. The molecule has 0 aliphatic rings. The zero-order valence-electron chi connectivity index (χ0n) is 44.5. The Balaban J connectivity index is 4.00. The van der Waals surface area contributed by atoms with Crippen LogP contribution in [-0.2, 0) is 33.3 Å². The number of nitrogens with zero attached hydrogens (tertiary/aromatic N) is 1. The third-order valence-electron chi connectivity index (χ3n) is 12.4. The van der Waals surface area contributed by atoms with Gasteiger partial charge in [-0.25, -0.2) is 0 Å². The van der Waals surface area contributed by atoms with Gasteiger partial charge in [0.2, 0.25) is 0 Å². The van der Waals surface area contributed by atoms with Crippen LogP contribution < -0.4 is 5.11 Å². The number of likely N-dealkylation sites (N-methyl/N-ethyl adjacent to an activating group) is 1. The number of carboxylic acid groups (broad SMARTS) is 1. The molecule has 2 atom stereocenters. The summed E-state index contributed by atoms with van der Waals surface area (Å²) in [4.78, 5) is 37.0. The van der Waals surface area contributed by atoms with E-state index in [0.717, 1.165) is 44.9 Å². The molecule has 0 fully saturated rings. The molecular weight excluding hydrogens is 839 g/mol. The van der Waals surface area contributed by atoms with Crippen LogP contribution in [0.25, 0.3) is 0 Å². The molecule has 0 amide bonds. The lowest BCUT2D eigenvalue weighted by Gasteiger charge is -2.26. The van der Waals surface area contributed by atoms with E-state index in [0.29, 0.717) is 23.9 Å². The van der Waals surface area contributed by atoms with Gasteiger partial charge in [-0.2, -0.15) is 0 Å². The van der Waals surface area contributed by atoms with Gasteiger partial charge in [0, 0.05) is 12.8 Å². The van der Waals surface area contributed by atoms with Crippen LogP contribution in [0.2, 0.25) is 0 Å². The molecule has 392 valence electrons. The summed E-state index contributed by atoms with van der Waals surface area (Å²) in [5.74, 6) is -2.27. The summed E-state index contributed by atoms with van der Waals surface area (Å²) in [6, 6.07) is 0. The highest BCUT2D eigenvalue weighted by Gasteiger charge is 2.22. The summed E-state index contributed by atoms with van der Waals surface area (Å²) in [6.07, 6.45) is 56.5. The van der Waals surface area contributed by atoms with E-state index in [1.807, 2.05) is 21.1 Å². The van der Waals surface area contributed by atoms with Crippen molar-refractivity contribution in [3.05, 3.63) is 36.5 Å². The van der Waals surface area contributed by atoms with Crippen LogP contribution >= 0.6 is 0 Å². The van der Waals surface area contributed by atoms with Crippen molar-refractivity contribution in [2.75, 3.05) is 47.5 Å². The Morgan fingerprint density at radius 2 is 0.806 bits per heavy atom. The van der Waals surface area contributed by atoms with E-state index < -0.39 is 24.3 Å². The van der Waals surface area contributed by atoms with Gasteiger partial charge in [0.15, 0.2) is 12.4 Å². The number of carbonyl (C=O) groups excluding carboxylic acids is 3. The lowest BCUT2D eigenvalue weighted by molar-refractivity contribution is -0.870. The lowest BCUT2D eigenvalue weighted by Crippen LogP contribution is -2.44. The second kappa shape index (κ2) is 49.9. The molecule has 0 bridgehead atoms. The molecule has 9 nitrogen and oxygen atoms in total. The Morgan fingerprint density at radius 3 is 1.19 bits per heavy atom. The van der Waals surface area contributed by atoms with Crippen molar-refractivity contribution in [2.45, 2.75) is 270 Å². The SMILES string of the molecule is CCCCCCC/C=C\C/C=C\C/C=C\CCCCCCCCCCCCCCCCCCCCC(=O)OC(COC(=O)CCCCCCCCCCC)COC(OCC[N+](C)(C)C)C(=O)[O-]. The van der Waals surface area contributed by atoms with Crippen molar-refractivity contribution >= 4 is 17.9 Å². The summed E-state index contributed by atoms with van der Waals surface area (Å²) in [5, 5.41) is 11.7. The molecule has 0 spiro atoms. The molecule has 0 aliphatic carbocycles. The first-order chi connectivity index (χ1) is 32.6. The maximum atomic E-state index is 12.8. The number of quaternary nitrogens is 1. The van der Waals surface area contributed by atoms with E-state index >= 15 is 0 Å². The molecule has 0 aromatic carbocycles. The lowest BCUT2D eigenvalue weighted by atomic mass is 10.0. The zero-order valence-corrected chi connectivity index (χ0v) is 44.5. The van der Waals surface area contributed by atoms with Gasteiger partial charge in [0.05, 0.1) is 40.3 Å². The Morgan fingerprint density at radius 1 is 0.448 bits per heavy atom. The quantitative estimate of drug-likeness (QED) is 0.0195. The first-order valence-electron chi connectivity index (χ1n) is 28.1. The number of hydrogen-bond donors (Lipinski definition) is 0. The van der Waals surface area contributed by atoms with Gasteiger partial charge < -0.3 is 33.3 Å². The molecule has 2 unspecified atom stereocenters. The highest BCUT2D eigenvalue weighted by Crippen LogP contribution is 2.16. The summed E-state index contributed by atoms with van der Waals surface area (Å²) in [6.45, 7) is 4.73. The Labute approximate surface area is 413 Å². The molecule has 9 heteroatoms. The molecule has 0 aromatic heterocycles. The van der Waals surface area contributed by atoms with Gasteiger partial charge in [-0.05, 0) is 51.4 Å². The molecule has 0 heterocycles. The van der Waals surface area contributed by atoms with Crippen molar-refractivity contribution < 1.29 is 42.9 Å². The van der Waals surface area contributed by atoms with E-state index in [-0.39, 0.29) is 32.2 Å². The Bertz CT molecular complexity index is 1190. The molecule has 0 aromatic rings. The summed E-state index contributed by atoms with van der Waals surface area (Å²) in [5.41, 5.74) is 0. The third-order valence-corrected chi connectivity index (χ3v) is 12.4. The van der Waals surface area contributed by atoms with Gasteiger partial charge in [-0.15, -0.1) is 0 Å². The number of hydrogen-bond acceptors (Lipinski definition) is 8. The van der Waals surface area contributed by atoms with Crippen molar-refractivity contribution in [3.8, 4) is 0 Å². The minimum Gasteiger partial charge on any atom is -0.545 e. The highest BCUT2D eigenvalue weighted by molar-refractivity contribution is 5.70. The van der Waals surface area contributed by atoms with Gasteiger partial charge in [-0.1, -0.05) is 230 Å². The fraction of sp³-hybridized carbons (Fsp3) is 0.845. The van der Waals surface area contributed by atoms with Gasteiger partial charge in [0.25, 0.3) is 0 Å². The molecule has 0 aliphatic heterocycles. The Kier molecular flexibility index (Phi) is 48.1. The minimum atomic E-state index is -1.62. The number of rotatable bonds is 52. The van der Waals surface area contributed by atoms with E-state index in [4.69, 9.17) is 18.9 Å². The third kappa shape index (κ3) is 51.2.